The SMILES string of the molecule is COCCNC(=O)CSc1nc(Cc2ccccc2)c(C)[nH]1. The molecular weight excluding hydrogens is 298 g/mol. The molecule has 1 amide bonds. The topological polar surface area (TPSA) is 67.0 Å². The Hall–Kier alpha value is -1.79. The third-order valence-corrected chi connectivity index (χ3v) is 4.02. The van der Waals surface area contributed by atoms with Crippen LogP contribution in [0.25, 0.3) is 0 Å². The van der Waals surface area contributed by atoms with Gasteiger partial charge < -0.3 is 15.0 Å². The number of amides is 1. The third kappa shape index (κ3) is 5.20. The second-order valence-corrected chi connectivity index (χ2v) is 5.87. The van der Waals surface area contributed by atoms with E-state index in [4.69, 9.17) is 4.74 Å². The lowest BCUT2D eigenvalue weighted by Gasteiger charge is -2.02. The maximum absolute atomic E-state index is 11.6. The van der Waals surface area contributed by atoms with Crippen molar-refractivity contribution in [1.82, 2.24) is 15.3 Å². The van der Waals surface area contributed by atoms with Gasteiger partial charge in [-0.25, -0.2) is 4.98 Å². The minimum atomic E-state index is -0.0132. The van der Waals surface area contributed by atoms with E-state index in [9.17, 15) is 4.79 Å². The molecule has 0 spiro atoms. The van der Waals surface area contributed by atoms with Crippen LogP contribution in [0.1, 0.15) is 17.0 Å². The van der Waals surface area contributed by atoms with E-state index >= 15 is 0 Å². The maximum Gasteiger partial charge on any atom is 0.230 e. The molecule has 1 aromatic heterocycles. The zero-order valence-corrected chi connectivity index (χ0v) is 13.7. The van der Waals surface area contributed by atoms with Gasteiger partial charge in [-0.15, -0.1) is 0 Å². The van der Waals surface area contributed by atoms with Crippen LogP contribution in [0.2, 0.25) is 0 Å². The molecule has 0 saturated heterocycles. The number of aryl methyl sites for hydroxylation is 1. The highest BCUT2D eigenvalue weighted by Crippen LogP contribution is 2.18. The largest absolute Gasteiger partial charge is 0.383 e. The molecule has 5 nitrogen and oxygen atoms in total. The highest BCUT2D eigenvalue weighted by molar-refractivity contribution is 7.99. The molecule has 0 aliphatic rings. The Morgan fingerprint density at radius 3 is 2.86 bits per heavy atom. The fraction of sp³-hybridized carbons (Fsp3) is 0.375. The Labute approximate surface area is 134 Å². The van der Waals surface area contributed by atoms with Crippen LogP contribution >= 0.6 is 11.8 Å². The average molecular weight is 319 g/mol. The number of nitrogens with zero attached hydrogens (tertiary/aromatic N) is 1. The molecule has 2 rings (SSSR count). The zero-order valence-electron chi connectivity index (χ0n) is 12.9. The van der Waals surface area contributed by atoms with Gasteiger partial charge in [-0.2, -0.15) is 0 Å². The Bertz CT molecular complexity index is 599. The van der Waals surface area contributed by atoms with E-state index in [-0.39, 0.29) is 5.91 Å². The predicted molar refractivity (Wildman–Crippen MR) is 88.2 cm³/mol. The van der Waals surface area contributed by atoms with E-state index in [0.29, 0.717) is 18.9 Å². The summed E-state index contributed by atoms with van der Waals surface area (Å²) in [5, 5.41) is 3.57. The third-order valence-electron chi connectivity index (χ3n) is 3.15. The molecule has 0 atom stereocenters. The minimum Gasteiger partial charge on any atom is -0.383 e. The van der Waals surface area contributed by atoms with Crippen molar-refractivity contribution >= 4 is 17.7 Å². The van der Waals surface area contributed by atoms with E-state index in [1.54, 1.807) is 7.11 Å². The summed E-state index contributed by atoms with van der Waals surface area (Å²) >= 11 is 1.41. The van der Waals surface area contributed by atoms with Crippen LogP contribution in [0.5, 0.6) is 0 Å². The first kappa shape index (κ1) is 16.6. The second-order valence-electron chi connectivity index (χ2n) is 4.91. The van der Waals surface area contributed by atoms with Gasteiger partial charge in [0.2, 0.25) is 5.91 Å². The van der Waals surface area contributed by atoms with Crippen LogP contribution in [-0.2, 0) is 16.0 Å². The van der Waals surface area contributed by atoms with E-state index in [2.05, 4.69) is 27.4 Å². The number of imidazole rings is 1. The Morgan fingerprint density at radius 1 is 1.36 bits per heavy atom. The van der Waals surface area contributed by atoms with Gasteiger partial charge in [-0.05, 0) is 12.5 Å². The standard InChI is InChI=1S/C16H21N3O2S/c1-12-14(10-13-6-4-3-5-7-13)19-16(18-12)22-11-15(20)17-8-9-21-2/h3-7H,8-11H2,1-2H3,(H,17,20)(H,18,19). The monoisotopic (exact) mass is 319 g/mol. The molecule has 1 heterocycles. The van der Waals surface area contributed by atoms with E-state index in [1.807, 2.05) is 25.1 Å². The van der Waals surface area contributed by atoms with E-state index < -0.39 is 0 Å². The Balaban J connectivity index is 1.86. The molecule has 22 heavy (non-hydrogen) atoms. The fourth-order valence-corrected chi connectivity index (χ4v) is 2.74. The normalized spacial score (nSPS) is 10.6. The van der Waals surface area contributed by atoms with Crippen LogP contribution < -0.4 is 5.32 Å². The van der Waals surface area contributed by atoms with Gasteiger partial charge >= 0.3 is 0 Å². The molecule has 0 radical (unpaired) electrons. The summed E-state index contributed by atoms with van der Waals surface area (Å²) in [6.07, 6.45) is 0.795. The minimum absolute atomic E-state index is 0.0132. The smallest absolute Gasteiger partial charge is 0.230 e. The predicted octanol–water partition coefficient (Wildman–Crippen LogP) is 2.16. The number of thioether (sulfide) groups is 1. The molecular formula is C16H21N3O2S. The van der Waals surface area contributed by atoms with E-state index in [1.165, 1.54) is 17.3 Å². The number of H-pyrrole nitrogens is 1. The molecule has 0 aliphatic carbocycles. The molecule has 2 aromatic rings. The lowest BCUT2D eigenvalue weighted by atomic mass is 10.1. The van der Waals surface area contributed by atoms with Crippen molar-refractivity contribution in [2.45, 2.75) is 18.5 Å². The quantitative estimate of drug-likeness (QED) is 0.578. The summed E-state index contributed by atoms with van der Waals surface area (Å²) in [5.74, 6) is 0.335. The summed E-state index contributed by atoms with van der Waals surface area (Å²) in [5.41, 5.74) is 3.30. The number of aromatic amines is 1. The summed E-state index contributed by atoms with van der Waals surface area (Å²) < 4.78 is 4.89. The average Bonchev–Trinajstić information content (AvgIpc) is 2.87. The first-order chi connectivity index (χ1) is 10.7. The van der Waals surface area contributed by atoms with Gasteiger partial charge in [0, 0.05) is 25.8 Å². The van der Waals surface area contributed by atoms with Gasteiger partial charge in [-0.1, -0.05) is 42.1 Å². The summed E-state index contributed by atoms with van der Waals surface area (Å²) in [7, 11) is 1.61. The number of rotatable bonds is 8. The van der Waals surface area contributed by atoms with Gasteiger partial charge in [-0.3, -0.25) is 4.79 Å². The van der Waals surface area contributed by atoms with Gasteiger partial charge in [0.05, 0.1) is 18.1 Å². The maximum atomic E-state index is 11.6. The van der Waals surface area contributed by atoms with Gasteiger partial charge in [0.25, 0.3) is 0 Å². The van der Waals surface area contributed by atoms with Crippen LogP contribution in [0.4, 0.5) is 0 Å². The molecule has 6 heteroatoms. The molecule has 0 saturated carbocycles. The van der Waals surface area contributed by atoms with Crippen molar-refractivity contribution in [3.05, 3.63) is 47.3 Å². The summed E-state index contributed by atoms with van der Waals surface area (Å²) in [6, 6.07) is 10.2. The first-order valence-electron chi connectivity index (χ1n) is 7.17. The lowest BCUT2D eigenvalue weighted by molar-refractivity contribution is -0.118. The number of hydrogen-bond donors (Lipinski definition) is 2. The van der Waals surface area contributed by atoms with Crippen LogP contribution in [0, 0.1) is 6.92 Å². The van der Waals surface area contributed by atoms with Crippen molar-refractivity contribution in [3.8, 4) is 0 Å². The van der Waals surface area contributed by atoms with E-state index in [0.717, 1.165) is 23.0 Å². The summed E-state index contributed by atoms with van der Waals surface area (Å²) in [6.45, 7) is 3.07. The lowest BCUT2D eigenvalue weighted by Crippen LogP contribution is -2.28. The fourth-order valence-electron chi connectivity index (χ4n) is 1.97. The number of carbonyl (C=O) groups excluding carboxylic acids is 1. The zero-order chi connectivity index (χ0) is 15.8. The highest BCUT2D eigenvalue weighted by atomic mass is 32.2. The molecule has 0 aliphatic heterocycles. The van der Waals surface area contributed by atoms with Crippen molar-refractivity contribution in [2.24, 2.45) is 0 Å². The molecule has 0 fully saturated rings. The van der Waals surface area contributed by atoms with Crippen LogP contribution in [0.15, 0.2) is 35.5 Å². The molecule has 2 N–H and O–H groups in total. The second kappa shape index (κ2) is 8.60. The molecule has 118 valence electrons. The Morgan fingerprint density at radius 2 is 2.14 bits per heavy atom. The number of nitrogens with one attached hydrogen (secondary N) is 2. The number of benzene rings is 1. The Kier molecular flexibility index (Phi) is 6.48. The van der Waals surface area contributed by atoms with Crippen molar-refractivity contribution in [2.75, 3.05) is 26.0 Å². The molecule has 0 bridgehead atoms. The molecule has 1 aromatic carbocycles. The highest BCUT2D eigenvalue weighted by Gasteiger charge is 2.09. The van der Waals surface area contributed by atoms with Gasteiger partial charge in [0.1, 0.15) is 0 Å². The molecule has 0 unspecified atom stereocenters. The number of methoxy groups -OCH3 is 1. The first-order valence-corrected chi connectivity index (χ1v) is 8.15. The van der Waals surface area contributed by atoms with Crippen LogP contribution in [-0.4, -0.2) is 41.9 Å². The number of ether oxygens (including phenoxy) is 1. The number of aromatic nitrogens is 2. The van der Waals surface area contributed by atoms with Crippen molar-refractivity contribution < 1.29 is 9.53 Å². The summed E-state index contributed by atoms with van der Waals surface area (Å²) in [4.78, 5) is 19.5. The van der Waals surface area contributed by atoms with Crippen molar-refractivity contribution in [1.29, 1.82) is 0 Å². The van der Waals surface area contributed by atoms with Crippen molar-refractivity contribution in [3.63, 3.8) is 0 Å². The van der Waals surface area contributed by atoms with Gasteiger partial charge in [0.15, 0.2) is 5.16 Å². The van der Waals surface area contributed by atoms with Crippen LogP contribution in [0.3, 0.4) is 0 Å². The number of carbonyl (C=O) groups is 1. The number of hydrogen-bond acceptors (Lipinski definition) is 4.